The number of nitrogens with zero attached hydrogens (tertiary/aromatic N) is 3. The molecule has 0 radical (unpaired) electrons. The number of benzene rings is 2. The Labute approximate surface area is 198 Å². The lowest BCUT2D eigenvalue weighted by Crippen LogP contribution is -2.46. The fourth-order valence-electron chi connectivity index (χ4n) is 3.94. The summed E-state index contributed by atoms with van der Waals surface area (Å²) in [6, 6.07) is 13.6. The zero-order valence-corrected chi connectivity index (χ0v) is 19.8. The Kier molecular flexibility index (Phi) is 7.03. The largest absolute Gasteiger partial charge is 0.497 e. The molecule has 2 heterocycles. The van der Waals surface area contributed by atoms with Crippen molar-refractivity contribution in [2.24, 2.45) is 0 Å². The lowest BCUT2D eigenvalue weighted by Gasteiger charge is -2.37. The number of ether oxygens (including phenoxy) is 1. The predicted octanol–water partition coefficient (Wildman–Crippen LogP) is 5.74. The maximum atomic E-state index is 13.3. The predicted molar refractivity (Wildman–Crippen MR) is 130 cm³/mol. The average Bonchev–Trinajstić information content (AvgIpc) is 3.31. The van der Waals surface area contributed by atoms with Crippen LogP contribution >= 0.6 is 12.2 Å². The fourth-order valence-corrected chi connectivity index (χ4v) is 4.29. The summed E-state index contributed by atoms with van der Waals surface area (Å²) in [4.78, 5) is 6.76. The number of aromatic nitrogens is 2. The first-order valence-corrected chi connectivity index (χ1v) is 11.5. The van der Waals surface area contributed by atoms with E-state index < -0.39 is 0 Å². The Balaban J connectivity index is 1.75. The molecule has 172 valence electrons. The summed E-state index contributed by atoms with van der Waals surface area (Å²) in [5.74, 6) is 1.28. The van der Waals surface area contributed by atoms with Gasteiger partial charge in [-0.3, -0.25) is 0 Å². The molecular weight excluding hydrogens is 439 g/mol. The zero-order chi connectivity index (χ0) is 23.4. The Bertz CT molecular complexity index is 1140. The van der Waals surface area contributed by atoms with Gasteiger partial charge in [0.05, 0.1) is 18.7 Å². The second-order valence-corrected chi connectivity index (χ2v) is 8.33. The van der Waals surface area contributed by atoms with Crippen molar-refractivity contribution in [3.63, 3.8) is 0 Å². The summed E-state index contributed by atoms with van der Waals surface area (Å²) in [7, 11) is 1.64. The highest BCUT2D eigenvalue weighted by molar-refractivity contribution is 7.80. The van der Waals surface area contributed by atoms with Crippen molar-refractivity contribution in [1.29, 1.82) is 0 Å². The third kappa shape index (κ3) is 4.90. The highest BCUT2D eigenvalue weighted by Gasteiger charge is 2.33. The Morgan fingerprint density at radius 2 is 1.85 bits per heavy atom. The second kappa shape index (κ2) is 10.1. The number of hydrogen-bond donors (Lipinski definition) is 1. The molecule has 0 amide bonds. The maximum Gasteiger partial charge on any atom is 0.258 e. The van der Waals surface area contributed by atoms with Crippen LogP contribution < -0.4 is 10.1 Å². The minimum Gasteiger partial charge on any atom is -0.497 e. The molecule has 8 heteroatoms. The van der Waals surface area contributed by atoms with Gasteiger partial charge in [0.2, 0.25) is 5.82 Å². The summed E-state index contributed by atoms with van der Waals surface area (Å²) in [5, 5.41) is 8.30. The molecular formula is C25H27FN4O2S. The molecule has 1 N–H and O–H groups in total. The molecule has 33 heavy (non-hydrogen) atoms. The molecule has 1 atom stereocenters. The lowest BCUT2D eigenvalue weighted by molar-refractivity contribution is 0.395. The first-order chi connectivity index (χ1) is 16.0. The molecule has 0 saturated heterocycles. The van der Waals surface area contributed by atoms with Gasteiger partial charge < -0.3 is 19.5 Å². The monoisotopic (exact) mass is 466 g/mol. The number of thiocarbonyl (C=S) groups is 1. The van der Waals surface area contributed by atoms with Crippen molar-refractivity contribution in [3.05, 3.63) is 71.5 Å². The molecule has 6 nitrogen and oxygen atoms in total. The van der Waals surface area contributed by atoms with E-state index in [1.807, 2.05) is 31.2 Å². The molecule has 1 unspecified atom stereocenters. The molecule has 0 aliphatic carbocycles. The van der Waals surface area contributed by atoms with Crippen molar-refractivity contribution in [1.82, 2.24) is 20.4 Å². The second-order valence-electron chi connectivity index (χ2n) is 7.94. The molecule has 2 aromatic carbocycles. The van der Waals surface area contributed by atoms with Gasteiger partial charge >= 0.3 is 0 Å². The van der Waals surface area contributed by atoms with Crippen molar-refractivity contribution in [2.75, 3.05) is 13.7 Å². The van der Waals surface area contributed by atoms with Crippen molar-refractivity contribution >= 4 is 22.9 Å². The van der Waals surface area contributed by atoms with E-state index in [0.717, 1.165) is 48.4 Å². The van der Waals surface area contributed by atoms with E-state index in [2.05, 4.69) is 27.3 Å². The van der Waals surface area contributed by atoms with Crippen LogP contribution in [0, 0.1) is 5.82 Å². The van der Waals surface area contributed by atoms with Crippen LogP contribution in [0.25, 0.3) is 17.0 Å². The lowest BCUT2D eigenvalue weighted by atomic mass is 9.94. The van der Waals surface area contributed by atoms with Gasteiger partial charge in [-0.15, -0.1) is 0 Å². The van der Waals surface area contributed by atoms with Crippen LogP contribution in [-0.2, 0) is 0 Å². The summed E-state index contributed by atoms with van der Waals surface area (Å²) in [6.45, 7) is 5.02. The van der Waals surface area contributed by atoms with Gasteiger partial charge in [0.1, 0.15) is 11.6 Å². The van der Waals surface area contributed by atoms with Crippen LogP contribution in [0.2, 0.25) is 0 Å². The molecule has 1 aliphatic heterocycles. The molecule has 0 spiro atoms. The topological polar surface area (TPSA) is 63.4 Å². The molecule has 3 aromatic rings. The van der Waals surface area contributed by atoms with Gasteiger partial charge in [-0.2, -0.15) is 4.98 Å². The van der Waals surface area contributed by atoms with Gasteiger partial charge in [-0.25, -0.2) is 4.39 Å². The van der Waals surface area contributed by atoms with Gasteiger partial charge in [0.25, 0.3) is 5.89 Å². The fraction of sp³-hybridized carbons (Fsp3) is 0.320. The summed E-state index contributed by atoms with van der Waals surface area (Å²) in [6.07, 6.45) is 3.28. The van der Waals surface area contributed by atoms with Gasteiger partial charge in [0.15, 0.2) is 5.11 Å². The third-order valence-electron chi connectivity index (χ3n) is 5.79. The minimum absolute atomic E-state index is 0.257. The first kappa shape index (κ1) is 22.9. The summed E-state index contributed by atoms with van der Waals surface area (Å²) >= 11 is 5.73. The van der Waals surface area contributed by atoms with E-state index in [1.165, 1.54) is 12.1 Å². The third-order valence-corrected chi connectivity index (χ3v) is 6.13. The normalized spacial score (nSPS) is 16.2. The number of halogens is 1. The van der Waals surface area contributed by atoms with Gasteiger partial charge in [0, 0.05) is 17.8 Å². The quantitative estimate of drug-likeness (QED) is 0.336. The first-order valence-electron chi connectivity index (χ1n) is 11.0. The van der Waals surface area contributed by atoms with Crippen LogP contribution in [0.5, 0.6) is 5.75 Å². The molecule has 0 saturated carbocycles. The van der Waals surface area contributed by atoms with Gasteiger partial charge in [-0.1, -0.05) is 37.1 Å². The van der Waals surface area contributed by atoms with Crippen molar-refractivity contribution in [3.8, 4) is 17.1 Å². The number of nitrogens with one attached hydrogen (secondary N) is 1. The minimum atomic E-state index is -0.312. The summed E-state index contributed by atoms with van der Waals surface area (Å²) < 4.78 is 24.4. The summed E-state index contributed by atoms with van der Waals surface area (Å²) in [5.41, 5.74) is 3.53. The maximum absolute atomic E-state index is 13.3. The SMILES string of the molecule is CCCCCN1C(=S)NC(c2ccc(OC)cc2)C(c2nc(-c3ccc(F)cc3)no2)=C1C. The van der Waals surface area contributed by atoms with Crippen LogP contribution in [0.1, 0.15) is 50.6 Å². The van der Waals surface area contributed by atoms with Gasteiger partial charge in [-0.05, 0) is 67.5 Å². The number of hydrogen-bond acceptors (Lipinski definition) is 5. The number of rotatable bonds is 8. The van der Waals surface area contributed by atoms with E-state index >= 15 is 0 Å². The Morgan fingerprint density at radius 1 is 1.12 bits per heavy atom. The number of allylic oxidation sites excluding steroid dienone is 1. The van der Waals surface area contributed by atoms with E-state index in [0.29, 0.717) is 22.4 Å². The Hall–Kier alpha value is -3.26. The number of unbranched alkanes of at least 4 members (excludes halogenated alkanes) is 2. The standard InChI is InChI=1S/C25H27FN4O2S/c1-4-5-6-15-30-16(2)21(22(27-25(30)33)17-9-13-20(31-3)14-10-17)24-28-23(29-32-24)18-7-11-19(26)12-8-18/h7-14,22H,4-6,15H2,1-3H3,(H,27,33). The number of methoxy groups -OCH3 is 1. The van der Waals surface area contributed by atoms with Crippen LogP contribution in [0.4, 0.5) is 4.39 Å². The van der Waals surface area contributed by atoms with E-state index in [4.69, 9.17) is 21.5 Å². The molecule has 0 bridgehead atoms. The molecule has 4 rings (SSSR count). The van der Waals surface area contributed by atoms with E-state index in [1.54, 1.807) is 19.2 Å². The zero-order valence-electron chi connectivity index (χ0n) is 19.0. The van der Waals surface area contributed by atoms with E-state index in [-0.39, 0.29) is 11.9 Å². The Morgan fingerprint density at radius 3 is 2.52 bits per heavy atom. The van der Waals surface area contributed by atoms with Crippen LogP contribution in [-0.4, -0.2) is 33.8 Å². The van der Waals surface area contributed by atoms with Crippen LogP contribution in [0.3, 0.4) is 0 Å². The van der Waals surface area contributed by atoms with Crippen molar-refractivity contribution < 1.29 is 13.7 Å². The van der Waals surface area contributed by atoms with E-state index in [9.17, 15) is 4.39 Å². The van der Waals surface area contributed by atoms with Crippen LogP contribution in [0.15, 0.2) is 58.8 Å². The molecule has 0 fully saturated rings. The highest BCUT2D eigenvalue weighted by atomic mass is 32.1. The molecule has 1 aliphatic rings. The highest BCUT2D eigenvalue weighted by Crippen LogP contribution is 2.38. The van der Waals surface area contributed by atoms with Crippen molar-refractivity contribution in [2.45, 2.75) is 39.2 Å². The molecule has 1 aromatic heterocycles. The smallest absolute Gasteiger partial charge is 0.258 e. The average molecular weight is 467 g/mol.